The van der Waals surface area contributed by atoms with Crippen LogP contribution >= 0.6 is 0 Å². The maximum absolute atomic E-state index is 12.2. The predicted octanol–water partition coefficient (Wildman–Crippen LogP) is -1.12. The lowest BCUT2D eigenvalue weighted by molar-refractivity contribution is -0.648. The molecule has 6 N–H and O–H groups in total. The van der Waals surface area contributed by atoms with Gasteiger partial charge in [-0.3, -0.25) is 15.5 Å². The minimum atomic E-state index is -1.77. The average Bonchev–Trinajstić information content (AvgIpc) is 2.86. The van der Waals surface area contributed by atoms with Crippen molar-refractivity contribution >= 4 is 23.5 Å². The zero-order valence-electron chi connectivity index (χ0n) is 14.7. The zero-order valence-corrected chi connectivity index (χ0v) is 14.7. The lowest BCUT2D eigenvalue weighted by Gasteiger charge is -2.32. The van der Waals surface area contributed by atoms with Crippen LogP contribution in [0.3, 0.4) is 0 Å². The Morgan fingerprint density at radius 3 is 2.38 bits per heavy atom. The molecular weight excluding hydrogens is 310 g/mol. The van der Waals surface area contributed by atoms with Crippen molar-refractivity contribution in [3.63, 3.8) is 0 Å². The quantitative estimate of drug-likeness (QED) is 0.380. The molecule has 2 aliphatic heterocycles. The third-order valence-electron chi connectivity index (χ3n) is 4.40. The molecule has 0 radical (unpaired) electrons. The number of quaternary nitrogens is 1. The third-order valence-corrected chi connectivity index (χ3v) is 4.40. The van der Waals surface area contributed by atoms with E-state index in [1.165, 1.54) is 20.0 Å². The van der Waals surface area contributed by atoms with E-state index in [4.69, 9.17) is 5.73 Å². The van der Waals surface area contributed by atoms with Crippen LogP contribution < -0.4 is 16.4 Å². The Balaban J connectivity index is 0.000000505. The molecule has 2 heterocycles. The number of nitrogens with one attached hydrogen (secondary N) is 1. The Hall–Kier alpha value is -2.02. The molecule has 1 spiro atoms. The summed E-state index contributed by atoms with van der Waals surface area (Å²) in [5, 5.41) is 24.1. The molecule has 0 aromatic carbocycles. The van der Waals surface area contributed by atoms with Gasteiger partial charge in [0, 0.05) is 11.5 Å². The number of amides is 2. The van der Waals surface area contributed by atoms with Crippen LogP contribution in [0.25, 0.3) is 5.41 Å². The Morgan fingerprint density at radius 1 is 1.38 bits per heavy atom. The van der Waals surface area contributed by atoms with Gasteiger partial charge in [0.25, 0.3) is 5.91 Å². The first-order chi connectivity index (χ1) is 11.2. The molecule has 2 rings (SSSR count). The smallest absolute Gasteiger partial charge is 0.269 e. The highest BCUT2D eigenvalue weighted by Gasteiger charge is 2.68. The van der Waals surface area contributed by atoms with Crippen LogP contribution in [0.1, 0.15) is 40.5 Å². The van der Waals surface area contributed by atoms with Gasteiger partial charge in [0.1, 0.15) is 11.6 Å². The van der Waals surface area contributed by atoms with Gasteiger partial charge in [0.2, 0.25) is 5.91 Å². The molecule has 2 aliphatic rings. The number of carbonyl (C=O) groups excluding carboxylic acids is 2. The molecule has 0 saturated carbocycles. The topological polar surface area (TPSA) is 144 Å². The van der Waals surface area contributed by atoms with E-state index in [2.05, 4.69) is 29.5 Å². The van der Waals surface area contributed by atoms with Gasteiger partial charge in [-0.25, -0.2) is 0 Å². The Morgan fingerprint density at radius 2 is 1.96 bits per heavy atom. The van der Waals surface area contributed by atoms with Crippen LogP contribution in [0.15, 0.2) is 10.6 Å². The van der Waals surface area contributed by atoms with Gasteiger partial charge in [0.05, 0.1) is 13.1 Å². The summed E-state index contributed by atoms with van der Waals surface area (Å²) in [6, 6.07) is 0. The van der Waals surface area contributed by atoms with Crippen molar-refractivity contribution in [3.05, 3.63) is 11.0 Å². The Bertz CT molecular complexity index is 591. The van der Waals surface area contributed by atoms with Crippen molar-refractivity contribution in [3.8, 4) is 0 Å². The zero-order chi connectivity index (χ0) is 18.5. The summed E-state index contributed by atoms with van der Waals surface area (Å²) in [4.78, 5) is 27.9. The van der Waals surface area contributed by atoms with E-state index in [1.54, 1.807) is 5.87 Å². The molecule has 0 aromatic heterocycles. The van der Waals surface area contributed by atoms with Crippen molar-refractivity contribution in [1.82, 2.24) is 5.32 Å². The first-order valence-corrected chi connectivity index (χ1v) is 8.26. The SMILES string of the molecule is CCCC1C(C)(O)NC(=O)C12C(=O)N=C(N)C2=C=[N-].CC[NH2+]CC. The van der Waals surface area contributed by atoms with Crippen LogP contribution in [-0.4, -0.2) is 47.4 Å². The second-order valence-electron chi connectivity index (χ2n) is 6.15. The van der Waals surface area contributed by atoms with Crippen LogP contribution in [0.4, 0.5) is 0 Å². The summed E-state index contributed by atoms with van der Waals surface area (Å²) in [6.45, 7) is 10.0. The van der Waals surface area contributed by atoms with Crippen molar-refractivity contribution in [2.24, 2.45) is 22.1 Å². The Kier molecular flexibility index (Phi) is 6.42. The van der Waals surface area contributed by atoms with Gasteiger partial charge in [-0.05, 0) is 27.2 Å². The number of rotatable bonds is 4. The molecule has 1 saturated heterocycles. The van der Waals surface area contributed by atoms with Gasteiger partial charge >= 0.3 is 0 Å². The molecule has 0 bridgehead atoms. The summed E-state index contributed by atoms with van der Waals surface area (Å²) in [7, 11) is 0. The molecule has 2 amide bonds. The molecule has 0 aromatic rings. The van der Waals surface area contributed by atoms with E-state index in [0.29, 0.717) is 12.8 Å². The highest BCUT2D eigenvalue weighted by atomic mass is 16.3. The van der Waals surface area contributed by atoms with Gasteiger partial charge < -0.3 is 26.9 Å². The maximum Gasteiger partial charge on any atom is 0.269 e. The molecular formula is C16H27N5O3. The number of hydrogen-bond donors (Lipinski definition) is 4. The van der Waals surface area contributed by atoms with Crippen LogP contribution in [-0.2, 0) is 9.59 Å². The summed E-state index contributed by atoms with van der Waals surface area (Å²) in [5.74, 6) is -0.668. The number of nitrogens with zero attached hydrogens (tertiary/aromatic N) is 2. The average molecular weight is 337 g/mol. The maximum atomic E-state index is 12.2. The monoisotopic (exact) mass is 337 g/mol. The third kappa shape index (κ3) is 3.13. The van der Waals surface area contributed by atoms with E-state index < -0.39 is 28.9 Å². The second kappa shape index (κ2) is 7.70. The molecule has 134 valence electrons. The molecule has 0 aliphatic carbocycles. The highest BCUT2D eigenvalue weighted by molar-refractivity contribution is 6.29. The molecule has 24 heavy (non-hydrogen) atoms. The Labute approximate surface area is 142 Å². The standard InChI is InChI=1S/C12H15N4O3.C4H11N/c1-3-4-7-11(2,19)16-10(18)12(7)6(5-13)8(14)15-9(12)17;1-3-5-4-2/h7,19H,3-4H2,1-2H3,(H,16,18)(H2,14,15,17);5H,3-4H2,1-2H3/q-1;/p+1. The van der Waals surface area contributed by atoms with Crippen molar-refractivity contribution in [2.75, 3.05) is 13.1 Å². The summed E-state index contributed by atoms with van der Waals surface area (Å²) < 4.78 is 0. The predicted molar refractivity (Wildman–Crippen MR) is 91.1 cm³/mol. The lowest BCUT2D eigenvalue weighted by Crippen LogP contribution is -2.82. The normalized spacial score (nSPS) is 31.5. The number of amidine groups is 1. The van der Waals surface area contributed by atoms with Gasteiger partial charge in [0.15, 0.2) is 5.41 Å². The summed E-state index contributed by atoms with van der Waals surface area (Å²) in [6.07, 6.45) is 1.04. The number of carbonyl (C=O) groups is 2. The lowest BCUT2D eigenvalue weighted by atomic mass is 9.68. The number of hydrogen-bond acceptors (Lipinski definition) is 4. The van der Waals surface area contributed by atoms with E-state index >= 15 is 0 Å². The fourth-order valence-corrected chi connectivity index (χ4v) is 3.31. The highest BCUT2D eigenvalue weighted by Crippen LogP contribution is 2.51. The van der Waals surface area contributed by atoms with Crippen LogP contribution in [0, 0.1) is 11.3 Å². The van der Waals surface area contributed by atoms with Gasteiger partial charge in [-0.15, -0.1) is 0 Å². The number of aliphatic imine (C=N–C) groups is 1. The number of aliphatic hydroxyl groups is 1. The van der Waals surface area contributed by atoms with E-state index in [-0.39, 0.29) is 11.4 Å². The van der Waals surface area contributed by atoms with Crippen molar-refractivity contribution in [1.29, 1.82) is 0 Å². The molecule has 3 unspecified atom stereocenters. The van der Waals surface area contributed by atoms with E-state index in [9.17, 15) is 20.1 Å². The summed E-state index contributed by atoms with van der Waals surface area (Å²) >= 11 is 0. The molecule has 3 atom stereocenters. The van der Waals surface area contributed by atoms with Crippen LogP contribution in [0.2, 0.25) is 0 Å². The summed E-state index contributed by atoms with van der Waals surface area (Å²) in [5.41, 5.74) is 2.06. The second-order valence-corrected chi connectivity index (χ2v) is 6.15. The number of nitrogens with two attached hydrogens (primary N) is 2. The van der Waals surface area contributed by atoms with E-state index in [1.807, 2.05) is 6.92 Å². The van der Waals surface area contributed by atoms with Gasteiger partial charge in [-0.2, -0.15) is 4.99 Å². The minimum absolute atomic E-state index is 0.161. The van der Waals surface area contributed by atoms with Crippen molar-refractivity contribution < 1.29 is 20.0 Å². The molecule has 8 heteroatoms. The first-order valence-electron chi connectivity index (χ1n) is 8.26. The van der Waals surface area contributed by atoms with Gasteiger partial charge in [-0.1, -0.05) is 13.3 Å². The minimum Gasteiger partial charge on any atom is -0.763 e. The fourth-order valence-electron chi connectivity index (χ4n) is 3.31. The molecule has 8 nitrogen and oxygen atoms in total. The van der Waals surface area contributed by atoms with Crippen molar-refractivity contribution in [2.45, 2.75) is 46.3 Å². The van der Waals surface area contributed by atoms with Crippen LogP contribution in [0.5, 0.6) is 0 Å². The fraction of sp³-hybridized carbons (Fsp3) is 0.688. The largest absolute Gasteiger partial charge is 0.763 e. The van der Waals surface area contributed by atoms with E-state index in [0.717, 1.165) is 0 Å². The molecule has 1 fully saturated rings. The first kappa shape index (κ1) is 20.0.